The maximum Gasteiger partial charge on any atom is 0.253 e. The van der Waals surface area contributed by atoms with Gasteiger partial charge in [-0.2, -0.15) is 0 Å². The summed E-state index contributed by atoms with van der Waals surface area (Å²) in [5, 5.41) is 3.07. The lowest BCUT2D eigenvalue weighted by atomic mass is 10.0. The Balaban J connectivity index is 1.51. The Kier molecular flexibility index (Phi) is 6.50. The number of rotatable bonds is 5. The minimum atomic E-state index is -0.0881. The van der Waals surface area contributed by atoms with Gasteiger partial charge in [-0.1, -0.05) is 22.0 Å². The zero-order valence-electron chi connectivity index (χ0n) is 15.3. The predicted molar refractivity (Wildman–Crippen MR) is 108 cm³/mol. The van der Waals surface area contributed by atoms with E-state index in [2.05, 4.69) is 21.2 Å². The fourth-order valence-electron chi connectivity index (χ4n) is 3.17. The molecule has 0 aromatic heterocycles. The van der Waals surface area contributed by atoms with Gasteiger partial charge in [-0.15, -0.1) is 0 Å². The summed E-state index contributed by atoms with van der Waals surface area (Å²) in [6, 6.07) is 14.7. The molecule has 0 bridgehead atoms. The SMILES string of the molecule is CCOc1ccc(C(=O)NC2CCN(C(=O)c3cccc(Br)c3)CC2)cc1. The fourth-order valence-corrected chi connectivity index (χ4v) is 3.57. The van der Waals surface area contributed by atoms with Gasteiger partial charge in [0.25, 0.3) is 11.8 Å². The Morgan fingerprint density at radius 2 is 1.81 bits per heavy atom. The van der Waals surface area contributed by atoms with Gasteiger partial charge in [0, 0.05) is 34.7 Å². The molecule has 3 rings (SSSR count). The van der Waals surface area contributed by atoms with Gasteiger partial charge in [-0.25, -0.2) is 0 Å². The molecule has 1 saturated heterocycles. The minimum absolute atomic E-state index is 0.0348. The highest BCUT2D eigenvalue weighted by molar-refractivity contribution is 9.10. The molecule has 0 unspecified atom stereocenters. The van der Waals surface area contributed by atoms with E-state index in [1.54, 1.807) is 24.3 Å². The topological polar surface area (TPSA) is 58.6 Å². The Labute approximate surface area is 167 Å². The van der Waals surface area contributed by atoms with Crippen molar-refractivity contribution in [2.24, 2.45) is 0 Å². The van der Waals surface area contributed by atoms with Crippen molar-refractivity contribution in [2.45, 2.75) is 25.8 Å². The number of ether oxygens (including phenoxy) is 1. The average Bonchev–Trinajstić information content (AvgIpc) is 2.69. The number of carbonyl (C=O) groups excluding carboxylic acids is 2. The molecule has 0 radical (unpaired) electrons. The molecule has 0 aliphatic carbocycles. The standard InChI is InChI=1S/C21H23BrN2O3/c1-2-27-19-8-6-15(7-9-19)20(25)23-18-10-12-24(13-11-18)21(26)16-4-3-5-17(22)14-16/h3-9,14,18H,2,10-13H2,1H3,(H,23,25). The molecular formula is C21H23BrN2O3. The number of nitrogens with zero attached hydrogens (tertiary/aromatic N) is 1. The molecule has 1 fully saturated rings. The van der Waals surface area contributed by atoms with Crippen molar-refractivity contribution in [1.82, 2.24) is 10.2 Å². The van der Waals surface area contributed by atoms with Crippen LogP contribution in [0.2, 0.25) is 0 Å². The number of halogens is 1. The summed E-state index contributed by atoms with van der Waals surface area (Å²) in [6.07, 6.45) is 1.50. The van der Waals surface area contributed by atoms with E-state index in [1.807, 2.05) is 36.1 Å². The van der Waals surface area contributed by atoms with Crippen molar-refractivity contribution < 1.29 is 14.3 Å². The number of amides is 2. The van der Waals surface area contributed by atoms with E-state index in [0.29, 0.717) is 30.8 Å². The van der Waals surface area contributed by atoms with E-state index in [1.165, 1.54) is 0 Å². The second kappa shape index (κ2) is 9.04. The van der Waals surface area contributed by atoms with Crippen molar-refractivity contribution in [1.29, 1.82) is 0 Å². The molecule has 1 heterocycles. The van der Waals surface area contributed by atoms with Crippen LogP contribution in [-0.2, 0) is 0 Å². The molecule has 2 amide bonds. The smallest absolute Gasteiger partial charge is 0.253 e. The molecule has 1 N–H and O–H groups in total. The fraction of sp³-hybridized carbons (Fsp3) is 0.333. The molecule has 6 heteroatoms. The summed E-state index contributed by atoms with van der Waals surface area (Å²) in [5.74, 6) is 0.704. The van der Waals surface area contributed by atoms with Crippen LogP contribution in [0.3, 0.4) is 0 Å². The summed E-state index contributed by atoms with van der Waals surface area (Å²) in [5.41, 5.74) is 1.30. The van der Waals surface area contributed by atoms with E-state index in [0.717, 1.165) is 23.1 Å². The van der Waals surface area contributed by atoms with Gasteiger partial charge in [0.05, 0.1) is 6.61 Å². The first-order valence-electron chi connectivity index (χ1n) is 9.15. The monoisotopic (exact) mass is 430 g/mol. The number of nitrogens with one attached hydrogen (secondary N) is 1. The van der Waals surface area contributed by atoms with Gasteiger partial charge in [-0.05, 0) is 62.2 Å². The third-order valence-electron chi connectivity index (χ3n) is 4.62. The number of piperidine rings is 1. The zero-order chi connectivity index (χ0) is 19.2. The molecule has 5 nitrogen and oxygen atoms in total. The van der Waals surface area contributed by atoms with Crippen LogP contribution in [0, 0.1) is 0 Å². The third kappa shape index (κ3) is 5.10. The normalized spacial score (nSPS) is 14.7. The summed E-state index contributed by atoms with van der Waals surface area (Å²) in [7, 11) is 0. The van der Waals surface area contributed by atoms with Crippen LogP contribution >= 0.6 is 15.9 Å². The third-order valence-corrected chi connectivity index (χ3v) is 5.11. The van der Waals surface area contributed by atoms with E-state index in [4.69, 9.17) is 4.74 Å². The Morgan fingerprint density at radius 3 is 2.44 bits per heavy atom. The van der Waals surface area contributed by atoms with E-state index < -0.39 is 0 Å². The van der Waals surface area contributed by atoms with Gasteiger partial charge in [0.15, 0.2) is 0 Å². The van der Waals surface area contributed by atoms with Crippen LogP contribution in [-0.4, -0.2) is 42.5 Å². The van der Waals surface area contributed by atoms with Gasteiger partial charge in [0.1, 0.15) is 5.75 Å². The van der Waals surface area contributed by atoms with Crippen LogP contribution in [0.1, 0.15) is 40.5 Å². The second-order valence-corrected chi connectivity index (χ2v) is 7.42. The number of hydrogen-bond acceptors (Lipinski definition) is 3. The lowest BCUT2D eigenvalue weighted by molar-refractivity contribution is 0.0698. The molecule has 1 aliphatic rings. The molecule has 2 aromatic rings. The van der Waals surface area contributed by atoms with Gasteiger partial charge >= 0.3 is 0 Å². The summed E-state index contributed by atoms with van der Waals surface area (Å²) in [4.78, 5) is 26.9. The first kappa shape index (κ1) is 19.4. The Bertz CT molecular complexity index is 799. The van der Waals surface area contributed by atoms with Crippen LogP contribution < -0.4 is 10.1 Å². The molecule has 142 valence electrons. The second-order valence-electron chi connectivity index (χ2n) is 6.51. The zero-order valence-corrected chi connectivity index (χ0v) is 16.9. The summed E-state index contributed by atoms with van der Waals surface area (Å²) in [6.45, 7) is 3.80. The van der Waals surface area contributed by atoms with Crippen LogP contribution in [0.4, 0.5) is 0 Å². The quantitative estimate of drug-likeness (QED) is 0.782. The number of benzene rings is 2. The van der Waals surface area contributed by atoms with Crippen molar-refractivity contribution in [3.05, 3.63) is 64.1 Å². The van der Waals surface area contributed by atoms with Crippen molar-refractivity contribution in [3.63, 3.8) is 0 Å². The summed E-state index contributed by atoms with van der Waals surface area (Å²) >= 11 is 3.40. The number of hydrogen-bond donors (Lipinski definition) is 1. The first-order valence-corrected chi connectivity index (χ1v) is 9.94. The number of likely N-dealkylation sites (tertiary alicyclic amines) is 1. The summed E-state index contributed by atoms with van der Waals surface area (Å²) < 4.78 is 6.29. The molecule has 2 aromatic carbocycles. The van der Waals surface area contributed by atoms with Crippen LogP contribution in [0.5, 0.6) is 5.75 Å². The molecule has 27 heavy (non-hydrogen) atoms. The molecule has 1 aliphatic heterocycles. The average molecular weight is 431 g/mol. The van der Waals surface area contributed by atoms with Crippen molar-refractivity contribution in [3.8, 4) is 5.75 Å². The van der Waals surface area contributed by atoms with E-state index in [-0.39, 0.29) is 17.9 Å². The maximum atomic E-state index is 12.6. The van der Waals surface area contributed by atoms with Gasteiger partial charge in [-0.3, -0.25) is 9.59 Å². The molecule has 0 saturated carbocycles. The Hall–Kier alpha value is -2.34. The predicted octanol–water partition coefficient (Wildman–Crippen LogP) is 3.88. The van der Waals surface area contributed by atoms with Crippen LogP contribution in [0.15, 0.2) is 53.0 Å². The first-order chi connectivity index (χ1) is 13.1. The number of carbonyl (C=O) groups is 2. The van der Waals surface area contributed by atoms with Crippen LogP contribution in [0.25, 0.3) is 0 Å². The molecule has 0 spiro atoms. The van der Waals surface area contributed by atoms with Crippen molar-refractivity contribution in [2.75, 3.05) is 19.7 Å². The minimum Gasteiger partial charge on any atom is -0.494 e. The Morgan fingerprint density at radius 1 is 1.11 bits per heavy atom. The highest BCUT2D eigenvalue weighted by Gasteiger charge is 2.25. The largest absolute Gasteiger partial charge is 0.494 e. The molecular weight excluding hydrogens is 408 g/mol. The highest BCUT2D eigenvalue weighted by Crippen LogP contribution is 2.18. The molecule has 0 atom stereocenters. The van der Waals surface area contributed by atoms with Crippen molar-refractivity contribution >= 4 is 27.7 Å². The maximum absolute atomic E-state index is 12.6. The highest BCUT2D eigenvalue weighted by atomic mass is 79.9. The lowest BCUT2D eigenvalue weighted by Crippen LogP contribution is -2.46. The van der Waals surface area contributed by atoms with E-state index in [9.17, 15) is 9.59 Å². The van der Waals surface area contributed by atoms with Gasteiger partial charge < -0.3 is 15.0 Å². The van der Waals surface area contributed by atoms with Gasteiger partial charge in [0.2, 0.25) is 0 Å². The van der Waals surface area contributed by atoms with E-state index >= 15 is 0 Å². The lowest BCUT2D eigenvalue weighted by Gasteiger charge is -2.32.